The highest BCUT2D eigenvalue weighted by atomic mass is 32.1. The lowest BCUT2D eigenvalue weighted by molar-refractivity contribution is -0.111. The van der Waals surface area contributed by atoms with Crippen LogP contribution in [-0.4, -0.2) is 25.1 Å². The Hall–Kier alpha value is -3.64. The quantitative estimate of drug-likeness (QED) is 0.385. The number of aryl methyl sites for hydroxylation is 1. The summed E-state index contributed by atoms with van der Waals surface area (Å²) < 4.78 is 11.7. The molecule has 0 saturated carbocycles. The Morgan fingerprint density at radius 2 is 1.81 bits per heavy atom. The largest absolute Gasteiger partial charge is 0.497 e. The summed E-state index contributed by atoms with van der Waals surface area (Å²) in [5.74, 6) is 1.11. The van der Waals surface area contributed by atoms with Crippen molar-refractivity contribution in [1.82, 2.24) is 4.98 Å². The molecule has 1 heterocycles. The van der Waals surface area contributed by atoms with Crippen LogP contribution in [0.2, 0.25) is 0 Å². The van der Waals surface area contributed by atoms with Gasteiger partial charge in [0.25, 0.3) is 0 Å². The summed E-state index contributed by atoms with van der Waals surface area (Å²) in [4.78, 5) is 17.0. The molecule has 1 amide bonds. The number of rotatable bonds is 6. The van der Waals surface area contributed by atoms with Crippen molar-refractivity contribution in [1.29, 1.82) is 0 Å². The van der Waals surface area contributed by atoms with Crippen molar-refractivity contribution in [3.63, 3.8) is 0 Å². The van der Waals surface area contributed by atoms with Crippen LogP contribution in [0.1, 0.15) is 11.1 Å². The van der Waals surface area contributed by atoms with E-state index in [-0.39, 0.29) is 5.91 Å². The zero-order valence-electron chi connectivity index (χ0n) is 17.5. The zero-order chi connectivity index (χ0) is 21.8. The van der Waals surface area contributed by atoms with Crippen LogP contribution in [0.3, 0.4) is 0 Å². The van der Waals surface area contributed by atoms with Crippen molar-refractivity contribution < 1.29 is 14.3 Å². The fraction of sp³-hybridized carbons (Fsp3) is 0.120. The Labute approximate surface area is 185 Å². The van der Waals surface area contributed by atoms with Gasteiger partial charge in [0, 0.05) is 29.0 Å². The first-order valence-corrected chi connectivity index (χ1v) is 10.6. The Balaban J connectivity index is 1.45. The lowest BCUT2D eigenvalue weighted by Gasteiger charge is -2.07. The molecule has 0 saturated heterocycles. The number of benzene rings is 3. The lowest BCUT2D eigenvalue weighted by Crippen LogP contribution is -2.07. The van der Waals surface area contributed by atoms with Crippen LogP contribution in [0.5, 0.6) is 11.5 Å². The predicted octanol–water partition coefficient (Wildman–Crippen LogP) is 5.94. The number of ether oxygens (including phenoxy) is 2. The molecule has 31 heavy (non-hydrogen) atoms. The van der Waals surface area contributed by atoms with E-state index in [1.807, 2.05) is 42.5 Å². The summed E-state index contributed by atoms with van der Waals surface area (Å²) >= 11 is 1.67. The van der Waals surface area contributed by atoms with Gasteiger partial charge in [-0.05, 0) is 67.1 Å². The topological polar surface area (TPSA) is 60.5 Å². The number of methoxy groups -OCH3 is 2. The molecule has 0 fully saturated rings. The van der Waals surface area contributed by atoms with Gasteiger partial charge < -0.3 is 14.8 Å². The summed E-state index contributed by atoms with van der Waals surface area (Å²) in [5.41, 5.74) is 4.76. The van der Waals surface area contributed by atoms with Crippen LogP contribution < -0.4 is 14.8 Å². The van der Waals surface area contributed by atoms with Gasteiger partial charge in [0.2, 0.25) is 5.91 Å². The first-order valence-electron chi connectivity index (χ1n) is 9.74. The van der Waals surface area contributed by atoms with E-state index < -0.39 is 0 Å². The van der Waals surface area contributed by atoms with Crippen molar-refractivity contribution in [2.75, 3.05) is 19.5 Å². The molecular formula is C25H22N2O3S. The normalized spacial score (nSPS) is 11.1. The summed E-state index contributed by atoms with van der Waals surface area (Å²) in [6.07, 6.45) is 3.19. The molecule has 4 rings (SSSR count). The van der Waals surface area contributed by atoms with E-state index in [0.717, 1.165) is 27.3 Å². The number of fused-ring (bicyclic) bond motifs is 1. The van der Waals surface area contributed by atoms with E-state index in [1.54, 1.807) is 37.7 Å². The molecule has 156 valence electrons. The minimum absolute atomic E-state index is 0.221. The zero-order valence-corrected chi connectivity index (χ0v) is 18.3. The molecule has 0 atom stereocenters. The van der Waals surface area contributed by atoms with Gasteiger partial charge >= 0.3 is 0 Å². The van der Waals surface area contributed by atoms with Crippen molar-refractivity contribution in [3.05, 3.63) is 77.9 Å². The minimum Gasteiger partial charge on any atom is -0.497 e. The number of anilines is 1. The van der Waals surface area contributed by atoms with Gasteiger partial charge in [-0.1, -0.05) is 6.07 Å². The maximum absolute atomic E-state index is 12.3. The molecule has 6 heteroatoms. The van der Waals surface area contributed by atoms with E-state index in [2.05, 4.69) is 24.4 Å². The second-order valence-electron chi connectivity index (χ2n) is 7.00. The third kappa shape index (κ3) is 4.75. The van der Waals surface area contributed by atoms with Crippen molar-refractivity contribution in [2.24, 2.45) is 0 Å². The monoisotopic (exact) mass is 430 g/mol. The molecule has 5 nitrogen and oxygen atoms in total. The number of amides is 1. The van der Waals surface area contributed by atoms with Crippen LogP contribution >= 0.6 is 11.3 Å². The molecule has 1 N–H and O–H groups in total. The maximum atomic E-state index is 12.3. The van der Waals surface area contributed by atoms with Crippen LogP contribution in [0, 0.1) is 6.92 Å². The number of nitrogens with one attached hydrogen (secondary N) is 1. The van der Waals surface area contributed by atoms with Gasteiger partial charge in [0.1, 0.15) is 16.5 Å². The molecule has 0 aliphatic carbocycles. The van der Waals surface area contributed by atoms with Gasteiger partial charge in [-0.2, -0.15) is 0 Å². The highest BCUT2D eigenvalue weighted by Gasteiger charge is 2.07. The van der Waals surface area contributed by atoms with E-state index in [1.165, 1.54) is 16.3 Å². The maximum Gasteiger partial charge on any atom is 0.248 e. The highest BCUT2D eigenvalue weighted by Crippen LogP contribution is 2.31. The van der Waals surface area contributed by atoms with Gasteiger partial charge in [0.15, 0.2) is 0 Å². The highest BCUT2D eigenvalue weighted by molar-refractivity contribution is 7.21. The number of carbonyl (C=O) groups excluding carboxylic acids is 1. The standard InChI is InChI=1S/C25H22N2O3S/c1-16-4-12-21-23(14-16)31-25(27-21)18-5-9-19(10-6-18)26-24(28)13-8-17-7-11-20(29-2)15-22(17)30-3/h4-15H,1-3H3,(H,26,28). The van der Waals surface area contributed by atoms with E-state index in [9.17, 15) is 4.79 Å². The molecule has 1 aromatic heterocycles. The summed E-state index contributed by atoms with van der Waals surface area (Å²) in [7, 11) is 3.18. The average molecular weight is 431 g/mol. The van der Waals surface area contributed by atoms with Crippen molar-refractivity contribution in [2.45, 2.75) is 6.92 Å². The predicted molar refractivity (Wildman–Crippen MR) is 127 cm³/mol. The Kier molecular flexibility index (Phi) is 6.00. The number of thiazole rings is 1. The molecule has 0 radical (unpaired) electrons. The molecule has 0 spiro atoms. The number of hydrogen-bond donors (Lipinski definition) is 1. The summed E-state index contributed by atoms with van der Waals surface area (Å²) in [6, 6.07) is 19.4. The molecular weight excluding hydrogens is 408 g/mol. The van der Waals surface area contributed by atoms with Crippen LogP contribution in [0.15, 0.2) is 66.7 Å². The van der Waals surface area contributed by atoms with Crippen LogP contribution in [-0.2, 0) is 4.79 Å². The third-order valence-corrected chi connectivity index (χ3v) is 5.87. The SMILES string of the molecule is COc1ccc(C=CC(=O)Nc2ccc(-c3nc4ccc(C)cc4s3)cc2)c(OC)c1. The first kappa shape index (κ1) is 20.6. The molecule has 0 unspecified atom stereocenters. The molecule has 0 bridgehead atoms. The van der Waals surface area contributed by atoms with E-state index in [4.69, 9.17) is 14.5 Å². The summed E-state index contributed by atoms with van der Waals surface area (Å²) in [6.45, 7) is 2.08. The third-order valence-electron chi connectivity index (χ3n) is 4.80. The number of carbonyl (C=O) groups is 1. The van der Waals surface area contributed by atoms with Crippen LogP contribution in [0.4, 0.5) is 5.69 Å². The van der Waals surface area contributed by atoms with E-state index >= 15 is 0 Å². The van der Waals surface area contributed by atoms with Gasteiger partial charge in [-0.15, -0.1) is 11.3 Å². The lowest BCUT2D eigenvalue weighted by atomic mass is 10.1. The minimum atomic E-state index is -0.221. The first-order chi connectivity index (χ1) is 15.1. The summed E-state index contributed by atoms with van der Waals surface area (Å²) in [5, 5.41) is 3.84. The Bertz CT molecular complexity index is 1260. The van der Waals surface area contributed by atoms with E-state index in [0.29, 0.717) is 11.5 Å². The van der Waals surface area contributed by atoms with Crippen molar-refractivity contribution >= 4 is 39.2 Å². The molecule has 0 aliphatic heterocycles. The van der Waals surface area contributed by atoms with Crippen LogP contribution in [0.25, 0.3) is 26.9 Å². The fourth-order valence-corrected chi connectivity index (χ4v) is 4.23. The number of aromatic nitrogens is 1. The molecule has 0 aliphatic rings. The Morgan fingerprint density at radius 3 is 2.55 bits per heavy atom. The second-order valence-corrected chi connectivity index (χ2v) is 8.03. The van der Waals surface area contributed by atoms with Gasteiger partial charge in [-0.3, -0.25) is 4.79 Å². The number of hydrogen-bond acceptors (Lipinski definition) is 5. The smallest absolute Gasteiger partial charge is 0.248 e. The molecule has 4 aromatic rings. The van der Waals surface area contributed by atoms with Crippen molar-refractivity contribution in [3.8, 4) is 22.1 Å². The fourth-order valence-electron chi connectivity index (χ4n) is 3.16. The van der Waals surface area contributed by atoms with Gasteiger partial charge in [0.05, 0.1) is 24.4 Å². The second kappa shape index (κ2) is 9.02. The van der Waals surface area contributed by atoms with Gasteiger partial charge in [-0.25, -0.2) is 4.98 Å². The molecule has 3 aromatic carbocycles. The average Bonchev–Trinajstić information content (AvgIpc) is 3.21. The number of nitrogens with zero attached hydrogens (tertiary/aromatic N) is 1. The Morgan fingerprint density at radius 1 is 1.00 bits per heavy atom.